The second-order valence-electron chi connectivity index (χ2n) is 9.35. The summed E-state index contributed by atoms with van der Waals surface area (Å²) < 4.78 is 49.0. The number of alkyl halides is 3. The molecule has 0 saturated carbocycles. The molecule has 34 heavy (non-hydrogen) atoms. The summed E-state index contributed by atoms with van der Waals surface area (Å²) in [6.07, 6.45) is -1.70. The van der Waals surface area contributed by atoms with Gasteiger partial charge in [-0.25, -0.2) is 0 Å². The first-order valence-corrected chi connectivity index (χ1v) is 11.8. The van der Waals surface area contributed by atoms with E-state index in [0.717, 1.165) is 61.7 Å². The fraction of sp³-hybridized carbons (Fsp3) is 0.519. The van der Waals surface area contributed by atoms with Crippen LogP contribution in [-0.4, -0.2) is 55.7 Å². The highest BCUT2D eigenvalue weighted by Crippen LogP contribution is 2.44. The quantitative estimate of drug-likeness (QED) is 0.514. The minimum absolute atomic E-state index is 0.226. The van der Waals surface area contributed by atoms with E-state index in [9.17, 15) is 18.0 Å². The van der Waals surface area contributed by atoms with Crippen LogP contribution < -0.4 is 0 Å². The third-order valence-electron chi connectivity index (χ3n) is 6.93. The topological polar surface area (TPSA) is 32.8 Å². The number of aryl methyl sites for hydroxylation is 3. The van der Waals surface area contributed by atoms with E-state index < -0.39 is 23.7 Å². The Balaban J connectivity index is 2.12. The average Bonchev–Trinajstić information content (AvgIpc) is 2.78. The van der Waals surface area contributed by atoms with E-state index in [1.165, 1.54) is 36.2 Å². The van der Waals surface area contributed by atoms with E-state index in [1.54, 1.807) is 6.07 Å². The molecule has 2 atom stereocenters. The van der Waals surface area contributed by atoms with Crippen LogP contribution in [-0.2, 0) is 15.1 Å². The van der Waals surface area contributed by atoms with Gasteiger partial charge in [0.15, 0.2) is 0 Å². The lowest BCUT2D eigenvalue weighted by atomic mass is 9.88. The first kappa shape index (κ1) is 26.2. The minimum atomic E-state index is -4.94. The SMILES string of the molecule is COC(C(=O)N(C)[C@@H](CN1CCCCC1)c1c(C)cc(C)cc1C)(c1ccccc1)C(F)(F)F. The lowest BCUT2D eigenvalue weighted by molar-refractivity contribution is -0.270. The molecule has 1 unspecified atom stereocenters. The summed E-state index contributed by atoms with van der Waals surface area (Å²) in [4.78, 5) is 17.4. The molecule has 1 fully saturated rings. The molecule has 2 aromatic carbocycles. The fourth-order valence-electron chi connectivity index (χ4n) is 5.30. The third kappa shape index (κ3) is 5.01. The van der Waals surface area contributed by atoms with Gasteiger partial charge in [0, 0.05) is 26.3 Å². The first-order valence-electron chi connectivity index (χ1n) is 11.8. The van der Waals surface area contributed by atoms with Gasteiger partial charge in [-0.1, -0.05) is 54.4 Å². The van der Waals surface area contributed by atoms with Crippen molar-refractivity contribution in [3.05, 3.63) is 70.3 Å². The number of hydrogen-bond donors (Lipinski definition) is 0. The predicted octanol–water partition coefficient (Wildman–Crippen LogP) is 5.70. The minimum Gasteiger partial charge on any atom is -0.356 e. The number of carbonyl (C=O) groups excluding carboxylic acids is 1. The van der Waals surface area contributed by atoms with E-state index in [4.69, 9.17) is 4.74 Å². The van der Waals surface area contributed by atoms with Crippen LogP contribution in [0.5, 0.6) is 0 Å². The number of nitrogens with zero attached hydrogens (tertiary/aromatic N) is 2. The average molecular weight is 477 g/mol. The normalized spacial score (nSPS) is 17.8. The molecule has 0 spiro atoms. The zero-order valence-electron chi connectivity index (χ0n) is 20.7. The number of likely N-dealkylation sites (tertiary alicyclic amines) is 1. The first-order chi connectivity index (χ1) is 16.0. The van der Waals surface area contributed by atoms with Crippen molar-refractivity contribution in [2.24, 2.45) is 0 Å². The van der Waals surface area contributed by atoms with Crippen LogP contribution >= 0.6 is 0 Å². The predicted molar refractivity (Wildman–Crippen MR) is 128 cm³/mol. The van der Waals surface area contributed by atoms with Gasteiger partial charge in [-0.3, -0.25) is 4.79 Å². The molecule has 7 heteroatoms. The Kier molecular flexibility index (Phi) is 8.09. The molecule has 1 aliphatic rings. The summed E-state index contributed by atoms with van der Waals surface area (Å²) in [7, 11) is 2.42. The van der Waals surface area contributed by atoms with E-state index in [0.29, 0.717) is 6.54 Å². The molecule has 1 aliphatic heterocycles. The van der Waals surface area contributed by atoms with Crippen LogP contribution in [0, 0.1) is 20.8 Å². The highest BCUT2D eigenvalue weighted by Gasteiger charge is 2.64. The van der Waals surface area contributed by atoms with Crippen LogP contribution in [0.1, 0.15) is 53.1 Å². The lowest BCUT2D eigenvalue weighted by Gasteiger charge is -2.41. The van der Waals surface area contributed by atoms with Gasteiger partial charge in [0.2, 0.25) is 0 Å². The number of carbonyl (C=O) groups is 1. The van der Waals surface area contributed by atoms with Gasteiger partial charge in [-0.15, -0.1) is 0 Å². The monoisotopic (exact) mass is 476 g/mol. The summed E-state index contributed by atoms with van der Waals surface area (Å²) in [5.74, 6) is -1.12. The number of likely N-dealkylation sites (N-methyl/N-ethyl adjacent to an activating group) is 1. The summed E-state index contributed by atoms with van der Waals surface area (Å²) in [5, 5.41) is 0. The maximum absolute atomic E-state index is 14.6. The van der Waals surface area contributed by atoms with Gasteiger partial charge in [-0.05, 0) is 63.4 Å². The van der Waals surface area contributed by atoms with Gasteiger partial charge in [0.05, 0.1) is 6.04 Å². The Labute approximate surface area is 200 Å². The number of methoxy groups -OCH3 is 1. The highest BCUT2D eigenvalue weighted by atomic mass is 19.4. The molecule has 4 nitrogen and oxygen atoms in total. The number of amides is 1. The van der Waals surface area contributed by atoms with Crippen LogP contribution in [0.15, 0.2) is 42.5 Å². The number of rotatable bonds is 7. The number of hydrogen-bond acceptors (Lipinski definition) is 3. The fourth-order valence-corrected chi connectivity index (χ4v) is 5.30. The number of benzene rings is 2. The van der Waals surface area contributed by atoms with E-state index >= 15 is 0 Å². The molecular formula is C27H35F3N2O2. The molecular weight excluding hydrogens is 441 g/mol. The summed E-state index contributed by atoms with van der Waals surface area (Å²) in [6.45, 7) is 8.13. The summed E-state index contributed by atoms with van der Waals surface area (Å²) >= 11 is 0. The van der Waals surface area contributed by atoms with Crippen LogP contribution in [0.2, 0.25) is 0 Å². The Bertz CT molecular complexity index is 964. The van der Waals surface area contributed by atoms with Crippen LogP contribution in [0.3, 0.4) is 0 Å². The molecule has 1 amide bonds. The van der Waals surface area contributed by atoms with E-state index in [1.807, 2.05) is 32.9 Å². The lowest BCUT2D eigenvalue weighted by Crippen LogP contribution is -2.57. The van der Waals surface area contributed by atoms with Gasteiger partial charge in [0.1, 0.15) is 0 Å². The summed E-state index contributed by atoms with van der Waals surface area (Å²) in [5.41, 5.74) is 0.594. The van der Waals surface area contributed by atoms with Crippen molar-refractivity contribution in [2.45, 2.75) is 57.9 Å². The largest absolute Gasteiger partial charge is 0.430 e. The van der Waals surface area contributed by atoms with Crippen molar-refractivity contribution in [1.82, 2.24) is 9.80 Å². The number of halogens is 3. The third-order valence-corrected chi connectivity index (χ3v) is 6.93. The van der Waals surface area contributed by atoms with E-state index in [-0.39, 0.29) is 5.56 Å². The van der Waals surface area contributed by atoms with Gasteiger partial charge in [0.25, 0.3) is 11.5 Å². The van der Waals surface area contributed by atoms with Crippen molar-refractivity contribution in [3.8, 4) is 0 Å². The second-order valence-corrected chi connectivity index (χ2v) is 9.35. The van der Waals surface area contributed by atoms with E-state index in [2.05, 4.69) is 4.90 Å². The molecule has 0 N–H and O–H groups in total. The Hall–Kier alpha value is -2.38. The molecule has 186 valence electrons. The molecule has 0 aliphatic carbocycles. The molecule has 1 heterocycles. The zero-order chi connectivity index (χ0) is 25.1. The van der Waals surface area contributed by atoms with Crippen LogP contribution in [0.4, 0.5) is 13.2 Å². The smallest absolute Gasteiger partial charge is 0.356 e. The van der Waals surface area contributed by atoms with Crippen molar-refractivity contribution in [2.75, 3.05) is 33.8 Å². The van der Waals surface area contributed by atoms with Gasteiger partial charge < -0.3 is 14.5 Å². The van der Waals surface area contributed by atoms with Crippen molar-refractivity contribution < 1.29 is 22.7 Å². The molecule has 0 bridgehead atoms. The Morgan fingerprint density at radius 2 is 1.59 bits per heavy atom. The van der Waals surface area contributed by atoms with Gasteiger partial charge in [-0.2, -0.15) is 13.2 Å². The van der Waals surface area contributed by atoms with Gasteiger partial charge >= 0.3 is 6.18 Å². The zero-order valence-corrected chi connectivity index (χ0v) is 20.7. The molecule has 0 aromatic heterocycles. The number of ether oxygens (including phenoxy) is 1. The highest BCUT2D eigenvalue weighted by molar-refractivity contribution is 5.88. The maximum Gasteiger partial charge on any atom is 0.430 e. The van der Waals surface area contributed by atoms with Crippen LogP contribution in [0.25, 0.3) is 0 Å². The molecule has 2 aromatic rings. The molecule has 0 radical (unpaired) electrons. The number of piperidine rings is 1. The van der Waals surface area contributed by atoms with Crippen molar-refractivity contribution in [1.29, 1.82) is 0 Å². The standard InChI is InChI=1S/C27H35F3N2O2/c1-19-16-20(2)24(21(3)17-19)23(18-32-14-10-7-11-15-32)31(4)25(33)26(34-5,27(28,29)30)22-12-8-6-9-13-22/h6,8-9,12-13,16-17,23H,7,10-11,14-15,18H2,1-5H3/t23-,26?/m0/s1. The summed E-state index contributed by atoms with van der Waals surface area (Å²) in [6, 6.07) is 10.7. The Morgan fingerprint density at radius 3 is 2.09 bits per heavy atom. The van der Waals surface area contributed by atoms with Crippen molar-refractivity contribution in [3.63, 3.8) is 0 Å². The molecule has 1 saturated heterocycles. The molecule has 3 rings (SSSR count). The maximum atomic E-state index is 14.6. The van der Waals surface area contributed by atoms with Crippen molar-refractivity contribution >= 4 is 5.91 Å². The second kappa shape index (κ2) is 10.5. The Morgan fingerprint density at radius 1 is 1.03 bits per heavy atom.